The van der Waals surface area contributed by atoms with Crippen LogP contribution in [0.15, 0.2) is 30.3 Å². The highest BCUT2D eigenvalue weighted by atomic mass is 35.5. The number of benzene rings is 2. The molecule has 0 aliphatic heterocycles. The average molecular weight is 379 g/mol. The molecule has 138 valence electrons. The van der Waals surface area contributed by atoms with Crippen LogP contribution in [0.25, 0.3) is 0 Å². The first-order chi connectivity index (χ1) is 12.5. The normalized spacial score (nSPS) is 13.4. The van der Waals surface area contributed by atoms with Crippen molar-refractivity contribution in [2.75, 3.05) is 7.11 Å². The Kier molecular flexibility index (Phi) is 5.67. The number of hydrogen-bond acceptors (Lipinski definition) is 4. The van der Waals surface area contributed by atoms with Crippen LogP contribution in [0.1, 0.15) is 42.4 Å². The fourth-order valence-corrected chi connectivity index (χ4v) is 3.13. The number of hydrogen-bond donors (Lipinski definition) is 0. The van der Waals surface area contributed by atoms with Crippen molar-refractivity contribution in [3.63, 3.8) is 0 Å². The summed E-state index contributed by atoms with van der Waals surface area (Å²) in [6.07, 6.45) is 1.97. The zero-order valence-electron chi connectivity index (χ0n) is 14.7. The summed E-state index contributed by atoms with van der Waals surface area (Å²) in [5, 5.41) is 0.463. The van der Waals surface area contributed by atoms with Gasteiger partial charge >= 0.3 is 6.16 Å². The highest BCUT2D eigenvalue weighted by Crippen LogP contribution is 2.44. The minimum atomic E-state index is -0.805. The first-order valence-electron chi connectivity index (χ1n) is 8.51. The van der Waals surface area contributed by atoms with Crippen molar-refractivity contribution in [2.24, 2.45) is 0 Å². The quantitative estimate of drug-likeness (QED) is 0.481. The second kappa shape index (κ2) is 7.96. The summed E-state index contributed by atoms with van der Waals surface area (Å²) in [4.78, 5) is 11.5. The Labute approximate surface area is 156 Å². The van der Waals surface area contributed by atoms with Gasteiger partial charge in [0, 0.05) is 16.7 Å². The van der Waals surface area contributed by atoms with Crippen LogP contribution in [0.5, 0.6) is 11.5 Å². The lowest BCUT2D eigenvalue weighted by atomic mass is 10.0. The molecule has 2 aromatic carbocycles. The minimum Gasteiger partial charge on any atom is -0.486 e. The number of carbonyl (C=O) groups excluding carboxylic acids is 1. The number of halogens is 2. The molecule has 2 aromatic rings. The fraction of sp³-hybridized carbons (Fsp3) is 0.350. The number of methoxy groups -OCH3 is 1. The molecule has 0 atom stereocenters. The molecule has 0 N–H and O–H groups in total. The van der Waals surface area contributed by atoms with E-state index in [0.29, 0.717) is 23.1 Å². The second-order valence-corrected chi connectivity index (χ2v) is 6.58. The van der Waals surface area contributed by atoms with Crippen LogP contribution in [-0.4, -0.2) is 13.3 Å². The van der Waals surface area contributed by atoms with Gasteiger partial charge in [0.15, 0.2) is 11.6 Å². The lowest BCUT2D eigenvalue weighted by Crippen LogP contribution is -2.11. The van der Waals surface area contributed by atoms with Crippen molar-refractivity contribution in [1.82, 2.24) is 0 Å². The Morgan fingerprint density at radius 2 is 2.04 bits per heavy atom. The van der Waals surface area contributed by atoms with E-state index < -0.39 is 12.0 Å². The molecule has 1 aliphatic rings. The molecular formula is C20H20ClFO4. The second-order valence-electron chi connectivity index (χ2n) is 6.17. The third-order valence-electron chi connectivity index (χ3n) is 4.40. The third kappa shape index (κ3) is 4.10. The van der Waals surface area contributed by atoms with Crippen molar-refractivity contribution in [3.05, 3.63) is 57.9 Å². The average Bonchev–Trinajstić information content (AvgIpc) is 3.47. The highest BCUT2D eigenvalue weighted by molar-refractivity contribution is 6.31. The van der Waals surface area contributed by atoms with Crippen LogP contribution in [-0.2, 0) is 17.8 Å². The summed E-state index contributed by atoms with van der Waals surface area (Å²) < 4.78 is 29.8. The van der Waals surface area contributed by atoms with E-state index in [1.54, 1.807) is 6.07 Å². The van der Waals surface area contributed by atoms with Gasteiger partial charge in [-0.25, -0.2) is 9.18 Å². The van der Waals surface area contributed by atoms with Crippen LogP contribution in [0.4, 0.5) is 9.18 Å². The predicted octanol–water partition coefficient (Wildman–Crippen LogP) is 5.64. The largest absolute Gasteiger partial charge is 0.513 e. The lowest BCUT2D eigenvalue weighted by Gasteiger charge is -2.16. The molecule has 0 radical (unpaired) electrons. The molecule has 3 rings (SSSR count). The molecule has 0 aromatic heterocycles. The highest BCUT2D eigenvalue weighted by Gasteiger charge is 2.28. The maximum absolute atomic E-state index is 14.3. The van der Waals surface area contributed by atoms with E-state index in [9.17, 15) is 9.18 Å². The van der Waals surface area contributed by atoms with E-state index in [1.807, 2.05) is 19.1 Å². The van der Waals surface area contributed by atoms with Crippen LogP contribution >= 0.6 is 11.6 Å². The Balaban J connectivity index is 1.87. The van der Waals surface area contributed by atoms with Crippen molar-refractivity contribution >= 4 is 17.8 Å². The van der Waals surface area contributed by atoms with Crippen LogP contribution in [0.2, 0.25) is 5.02 Å². The molecule has 0 spiro atoms. The molecule has 1 saturated carbocycles. The van der Waals surface area contributed by atoms with Gasteiger partial charge in [-0.1, -0.05) is 30.7 Å². The lowest BCUT2D eigenvalue weighted by molar-refractivity contribution is 0.120. The van der Waals surface area contributed by atoms with Gasteiger partial charge < -0.3 is 14.2 Å². The van der Waals surface area contributed by atoms with Gasteiger partial charge in [-0.3, -0.25) is 0 Å². The van der Waals surface area contributed by atoms with E-state index in [4.69, 9.17) is 21.1 Å². The fourth-order valence-electron chi connectivity index (χ4n) is 2.84. The van der Waals surface area contributed by atoms with Gasteiger partial charge in [-0.15, -0.1) is 0 Å². The van der Waals surface area contributed by atoms with Gasteiger partial charge in [0.2, 0.25) is 0 Å². The van der Waals surface area contributed by atoms with Crippen molar-refractivity contribution in [3.8, 4) is 11.5 Å². The molecular weight excluding hydrogens is 359 g/mol. The van der Waals surface area contributed by atoms with Crippen LogP contribution in [0, 0.1) is 5.82 Å². The minimum absolute atomic E-state index is 0.0672. The summed E-state index contributed by atoms with van der Waals surface area (Å²) >= 11 is 6.16. The van der Waals surface area contributed by atoms with E-state index in [1.165, 1.54) is 19.2 Å². The van der Waals surface area contributed by atoms with Gasteiger partial charge in [-0.2, -0.15) is 0 Å². The standard InChI is InChI=1S/C20H20ClFO4/c1-3-12-9-17(22)19(10-16(12)21)25-11-15-14(13-7-8-13)5-4-6-18(15)26-20(23)24-2/h4-6,9-10,13H,3,7-8,11H2,1-2H3. The van der Waals surface area contributed by atoms with E-state index in [-0.39, 0.29) is 12.4 Å². The molecule has 6 heteroatoms. The first kappa shape index (κ1) is 18.5. The summed E-state index contributed by atoms with van der Waals surface area (Å²) in [5.41, 5.74) is 2.49. The Morgan fingerprint density at radius 1 is 1.27 bits per heavy atom. The SMILES string of the molecule is CCc1cc(F)c(OCc2c(OC(=O)OC)cccc2C2CC2)cc1Cl. The molecule has 0 heterocycles. The zero-order chi connectivity index (χ0) is 18.7. The molecule has 1 fully saturated rings. The van der Waals surface area contributed by atoms with Crippen molar-refractivity contribution < 1.29 is 23.4 Å². The van der Waals surface area contributed by atoms with Gasteiger partial charge in [0.25, 0.3) is 0 Å². The number of ether oxygens (including phenoxy) is 3. The van der Waals surface area contributed by atoms with Gasteiger partial charge in [0.05, 0.1) is 7.11 Å². The topological polar surface area (TPSA) is 44.8 Å². The van der Waals surface area contributed by atoms with Crippen molar-refractivity contribution in [2.45, 2.75) is 38.7 Å². The third-order valence-corrected chi connectivity index (χ3v) is 4.75. The predicted molar refractivity (Wildman–Crippen MR) is 96.6 cm³/mol. The van der Waals surface area contributed by atoms with E-state index in [2.05, 4.69) is 4.74 Å². The summed E-state index contributed by atoms with van der Waals surface area (Å²) in [6, 6.07) is 8.34. The number of carbonyl (C=O) groups is 1. The summed E-state index contributed by atoms with van der Waals surface area (Å²) in [6.45, 7) is 1.97. The molecule has 1 aliphatic carbocycles. The van der Waals surface area contributed by atoms with Crippen LogP contribution < -0.4 is 9.47 Å². The van der Waals surface area contributed by atoms with E-state index in [0.717, 1.165) is 29.5 Å². The summed E-state index contributed by atoms with van der Waals surface area (Å²) in [7, 11) is 1.25. The van der Waals surface area contributed by atoms with Gasteiger partial charge in [-0.05, 0) is 48.4 Å². The first-order valence-corrected chi connectivity index (χ1v) is 8.89. The van der Waals surface area contributed by atoms with E-state index >= 15 is 0 Å². The maximum atomic E-state index is 14.3. The molecule has 4 nitrogen and oxygen atoms in total. The Bertz CT molecular complexity index is 818. The molecule has 0 amide bonds. The molecule has 0 unspecified atom stereocenters. The molecule has 26 heavy (non-hydrogen) atoms. The van der Waals surface area contributed by atoms with Crippen molar-refractivity contribution in [1.29, 1.82) is 0 Å². The Hall–Kier alpha value is -2.27. The zero-order valence-corrected chi connectivity index (χ0v) is 15.4. The molecule has 0 saturated heterocycles. The number of aryl methyl sites for hydroxylation is 1. The smallest absolute Gasteiger partial charge is 0.486 e. The number of rotatable bonds is 6. The maximum Gasteiger partial charge on any atom is 0.513 e. The summed E-state index contributed by atoms with van der Waals surface area (Å²) in [5.74, 6) is 0.371. The Morgan fingerprint density at radius 3 is 2.69 bits per heavy atom. The van der Waals surface area contributed by atoms with Gasteiger partial charge in [0.1, 0.15) is 12.4 Å². The molecule has 0 bridgehead atoms. The van der Waals surface area contributed by atoms with Crippen LogP contribution in [0.3, 0.4) is 0 Å². The monoisotopic (exact) mass is 378 g/mol.